The second kappa shape index (κ2) is 5.31. The van der Waals surface area contributed by atoms with Gasteiger partial charge < -0.3 is 15.0 Å². The summed E-state index contributed by atoms with van der Waals surface area (Å²) in [5.41, 5.74) is 7.07. The molecule has 4 nitrogen and oxygen atoms in total. The Bertz CT molecular complexity index is 534. The van der Waals surface area contributed by atoms with E-state index >= 15 is 0 Å². The average Bonchev–Trinajstić information content (AvgIpc) is 2.77. The van der Waals surface area contributed by atoms with Crippen molar-refractivity contribution in [2.45, 2.75) is 12.8 Å². The second-order valence-corrected chi connectivity index (χ2v) is 3.84. The van der Waals surface area contributed by atoms with Crippen molar-refractivity contribution >= 4 is 0 Å². The van der Waals surface area contributed by atoms with Crippen LogP contribution in [0.15, 0.2) is 36.8 Å². The fourth-order valence-corrected chi connectivity index (χ4v) is 1.70. The number of imidazole rings is 1. The highest BCUT2D eigenvalue weighted by Crippen LogP contribution is 2.24. The first-order chi connectivity index (χ1) is 8.99. The number of hydrogen-bond acceptors (Lipinski definition) is 3. The van der Waals surface area contributed by atoms with E-state index in [0.717, 1.165) is 5.69 Å². The van der Waals surface area contributed by atoms with Gasteiger partial charge in [0.15, 0.2) is 0 Å². The van der Waals surface area contributed by atoms with Crippen molar-refractivity contribution in [3.63, 3.8) is 0 Å². The zero-order valence-corrected chi connectivity index (χ0v) is 9.89. The molecule has 2 N–H and O–H groups in total. The van der Waals surface area contributed by atoms with Crippen LogP contribution in [0.5, 0.6) is 5.75 Å². The topological polar surface area (TPSA) is 53.1 Å². The van der Waals surface area contributed by atoms with Crippen LogP contribution >= 0.6 is 0 Å². The van der Waals surface area contributed by atoms with Gasteiger partial charge in [0.2, 0.25) is 0 Å². The number of aromatic nitrogens is 2. The van der Waals surface area contributed by atoms with Gasteiger partial charge in [-0.15, -0.1) is 13.2 Å². The van der Waals surface area contributed by atoms with Crippen molar-refractivity contribution in [1.29, 1.82) is 0 Å². The molecule has 1 aromatic carbocycles. The fourth-order valence-electron chi connectivity index (χ4n) is 1.70. The molecule has 2 rings (SSSR count). The molecule has 102 valence electrons. The summed E-state index contributed by atoms with van der Waals surface area (Å²) in [6.45, 7) is 0.473. The molecule has 0 saturated heterocycles. The minimum Gasteiger partial charge on any atom is -0.406 e. The van der Waals surface area contributed by atoms with Crippen molar-refractivity contribution in [3.8, 4) is 11.4 Å². The summed E-state index contributed by atoms with van der Waals surface area (Å²) >= 11 is 0. The van der Waals surface area contributed by atoms with E-state index in [-0.39, 0.29) is 5.75 Å². The Balaban J connectivity index is 2.20. The summed E-state index contributed by atoms with van der Waals surface area (Å²) in [4.78, 5) is 4.00. The van der Waals surface area contributed by atoms with Crippen molar-refractivity contribution in [1.82, 2.24) is 9.55 Å². The van der Waals surface area contributed by atoms with Gasteiger partial charge in [0.1, 0.15) is 5.75 Å². The zero-order chi connectivity index (χ0) is 13.9. The molecule has 0 amide bonds. The lowest BCUT2D eigenvalue weighted by Crippen LogP contribution is -2.17. The fraction of sp³-hybridized carbons (Fsp3) is 0.250. The summed E-state index contributed by atoms with van der Waals surface area (Å²) in [6.07, 6.45) is -0.778. The van der Waals surface area contributed by atoms with Crippen molar-refractivity contribution in [2.75, 3.05) is 6.54 Å². The van der Waals surface area contributed by atoms with E-state index < -0.39 is 6.36 Å². The molecule has 1 aromatic heterocycles. The van der Waals surface area contributed by atoms with Gasteiger partial charge in [-0.3, -0.25) is 0 Å². The number of nitrogens with zero attached hydrogens (tertiary/aromatic N) is 2. The average molecular weight is 271 g/mol. The van der Waals surface area contributed by atoms with Crippen LogP contribution in [-0.4, -0.2) is 22.5 Å². The highest BCUT2D eigenvalue weighted by atomic mass is 19.4. The predicted molar refractivity (Wildman–Crippen MR) is 63.0 cm³/mol. The van der Waals surface area contributed by atoms with Crippen LogP contribution in [0.3, 0.4) is 0 Å². The third-order valence-electron chi connectivity index (χ3n) is 2.46. The van der Waals surface area contributed by atoms with Gasteiger partial charge in [-0.05, 0) is 30.8 Å². The normalized spacial score (nSPS) is 11.6. The second-order valence-electron chi connectivity index (χ2n) is 3.84. The lowest BCUT2D eigenvalue weighted by atomic mass is 10.2. The van der Waals surface area contributed by atoms with Crippen LogP contribution in [-0.2, 0) is 6.42 Å². The molecule has 19 heavy (non-hydrogen) atoms. The molecule has 7 heteroatoms. The molecule has 0 atom stereocenters. The number of rotatable bonds is 4. The van der Waals surface area contributed by atoms with E-state index in [1.54, 1.807) is 17.1 Å². The van der Waals surface area contributed by atoms with Gasteiger partial charge in [0.25, 0.3) is 0 Å². The first kappa shape index (κ1) is 13.4. The van der Waals surface area contributed by atoms with Gasteiger partial charge in [-0.1, -0.05) is 0 Å². The SMILES string of the molecule is NCCc1cncn1-c1ccc(OC(F)(F)F)cc1. The summed E-state index contributed by atoms with van der Waals surface area (Å²) in [7, 11) is 0. The van der Waals surface area contributed by atoms with Crippen LogP contribution in [0.25, 0.3) is 5.69 Å². The Labute approximate surface area is 107 Å². The Morgan fingerprint density at radius 2 is 1.89 bits per heavy atom. The van der Waals surface area contributed by atoms with Crippen molar-refractivity contribution in [2.24, 2.45) is 5.73 Å². The number of benzene rings is 1. The van der Waals surface area contributed by atoms with Gasteiger partial charge in [0.05, 0.1) is 6.33 Å². The molecule has 0 aliphatic carbocycles. The van der Waals surface area contributed by atoms with Crippen molar-refractivity contribution < 1.29 is 17.9 Å². The van der Waals surface area contributed by atoms with E-state index in [1.165, 1.54) is 24.3 Å². The molecule has 0 saturated carbocycles. The quantitative estimate of drug-likeness (QED) is 0.928. The number of hydrogen-bond donors (Lipinski definition) is 1. The lowest BCUT2D eigenvalue weighted by molar-refractivity contribution is -0.274. The highest BCUT2D eigenvalue weighted by Gasteiger charge is 2.30. The third-order valence-corrected chi connectivity index (χ3v) is 2.46. The molecule has 0 aliphatic rings. The molecule has 0 unspecified atom stereocenters. The summed E-state index contributed by atoms with van der Waals surface area (Å²) in [5, 5.41) is 0. The summed E-state index contributed by atoms with van der Waals surface area (Å²) in [5.74, 6) is -0.253. The maximum atomic E-state index is 12.0. The minimum atomic E-state index is -4.68. The van der Waals surface area contributed by atoms with Crippen LogP contribution in [0.4, 0.5) is 13.2 Å². The van der Waals surface area contributed by atoms with E-state index in [9.17, 15) is 13.2 Å². The molecule has 1 heterocycles. The Morgan fingerprint density at radius 1 is 1.21 bits per heavy atom. The van der Waals surface area contributed by atoms with E-state index in [0.29, 0.717) is 18.7 Å². The van der Waals surface area contributed by atoms with Crippen LogP contribution in [0.1, 0.15) is 5.69 Å². The number of alkyl halides is 3. The largest absolute Gasteiger partial charge is 0.573 e. The molecule has 2 aromatic rings. The molecule has 0 radical (unpaired) electrons. The van der Waals surface area contributed by atoms with Crippen LogP contribution < -0.4 is 10.5 Å². The van der Waals surface area contributed by atoms with Gasteiger partial charge in [-0.2, -0.15) is 0 Å². The smallest absolute Gasteiger partial charge is 0.406 e. The van der Waals surface area contributed by atoms with Crippen LogP contribution in [0, 0.1) is 0 Å². The third kappa shape index (κ3) is 3.47. The molecule has 0 spiro atoms. The molecular weight excluding hydrogens is 259 g/mol. The Kier molecular flexibility index (Phi) is 3.75. The maximum Gasteiger partial charge on any atom is 0.573 e. The summed E-state index contributed by atoms with van der Waals surface area (Å²) < 4.78 is 41.7. The first-order valence-electron chi connectivity index (χ1n) is 5.57. The molecule has 0 bridgehead atoms. The minimum absolute atomic E-state index is 0.253. The summed E-state index contributed by atoms with van der Waals surface area (Å²) in [6, 6.07) is 5.58. The monoisotopic (exact) mass is 271 g/mol. The van der Waals surface area contributed by atoms with Gasteiger partial charge >= 0.3 is 6.36 Å². The van der Waals surface area contributed by atoms with Crippen molar-refractivity contribution in [3.05, 3.63) is 42.5 Å². The molecule has 0 aliphatic heterocycles. The van der Waals surface area contributed by atoms with E-state index in [4.69, 9.17) is 5.73 Å². The highest BCUT2D eigenvalue weighted by molar-refractivity contribution is 5.38. The van der Waals surface area contributed by atoms with Crippen LogP contribution in [0.2, 0.25) is 0 Å². The van der Waals surface area contributed by atoms with E-state index in [2.05, 4.69) is 9.72 Å². The lowest BCUT2D eigenvalue weighted by Gasteiger charge is -2.11. The Hall–Kier alpha value is -2.02. The standard InChI is InChI=1S/C12H12F3N3O/c13-12(14,15)19-11-3-1-9(2-4-11)18-8-17-7-10(18)5-6-16/h1-4,7-8H,5-6,16H2. The van der Waals surface area contributed by atoms with Gasteiger partial charge in [-0.25, -0.2) is 4.98 Å². The predicted octanol–water partition coefficient (Wildman–Crippen LogP) is 2.27. The van der Waals surface area contributed by atoms with E-state index in [1.807, 2.05) is 0 Å². The maximum absolute atomic E-state index is 12.0. The number of nitrogens with two attached hydrogens (primary N) is 1. The Morgan fingerprint density at radius 3 is 2.47 bits per heavy atom. The zero-order valence-electron chi connectivity index (χ0n) is 9.89. The number of ether oxygens (including phenoxy) is 1. The molecular formula is C12H12F3N3O. The van der Waals surface area contributed by atoms with Gasteiger partial charge in [0, 0.05) is 24.0 Å². The molecule has 0 fully saturated rings. The first-order valence-corrected chi connectivity index (χ1v) is 5.57. The number of halogens is 3.